The molecule has 0 radical (unpaired) electrons. The number of hydrogen-bond donors (Lipinski definition) is 1. The van der Waals surface area contributed by atoms with Gasteiger partial charge in [0.25, 0.3) is 0 Å². The molecule has 2 aliphatic rings. The molecule has 4 rings (SSSR count). The Kier molecular flexibility index (Phi) is 7.01. The van der Waals surface area contributed by atoms with E-state index >= 15 is 0 Å². The molecule has 2 aromatic carbocycles. The van der Waals surface area contributed by atoms with Gasteiger partial charge in [-0.15, -0.1) is 0 Å². The second-order valence-corrected chi connectivity index (χ2v) is 8.29. The number of rotatable bonds is 7. The Morgan fingerprint density at radius 3 is 2.32 bits per heavy atom. The van der Waals surface area contributed by atoms with Crippen LogP contribution in [0.2, 0.25) is 0 Å². The second kappa shape index (κ2) is 10.2. The number of carbonyl (C=O) groups is 4. The SMILES string of the molecule is CCOC(=O)C1=C(N)OC(C)=C(C(=O)OC)[C@]12C(=O)N(CC(=O)OCc1ccccc1)c1ccccc12. The number of fused-ring (bicyclic) bond motifs is 2. The van der Waals surface area contributed by atoms with Gasteiger partial charge in [-0.1, -0.05) is 48.5 Å². The summed E-state index contributed by atoms with van der Waals surface area (Å²) in [7, 11) is 1.14. The lowest BCUT2D eigenvalue weighted by molar-refractivity contribution is -0.144. The number of nitrogens with two attached hydrogens (primary N) is 1. The van der Waals surface area contributed by atoms with E-state index in [0.29, 0.717) is 5.69 Å². The summed E-state index contributed by atoms with van der Waals surface area (Å²) in [6.45, 7) is 2.54. The highest BCUT2D eigenvalue weighted by Gasteiger charge is 2.64. The summed E-state index contributed by atoms with van der Waals surface area (Å²) >= 11 is 0. The minimum atomic E-state index is -2.05. The van der Waals surface area contributed by atoms with E-state index in [9.17, 15) is 19.2 Å². The number of carbonyl (C=O) groups excluding carboxylic acids is 4. The van der Waals surface area contributed by atoms with Gasteiger partial charge in [0.15, 0.2) is 0 Å². The topological polar surface area (TPSA) is 134 Å². The Labute approximate surface area is 213 Å². The molecule has 2 N–H and O–H groups in total. The van der Waals surface area contributed by atoms with Crippen LogP contribution in [0.1, 0.15) is 25.0 Å². The molecule has 10 heteroatoms. The average Bonchev–Trinajstić information content (AvgIpc) is 3.11. The molecular formula is C27H26N2O8. The highest BCUT2D eigenvalue weighted by molar-refractivity contribution is 6.23. The normalized spacial score (nSPS) is 18.5. The van der Waals surface area contributed by atoms with Gasteiger partial charge in [0.05, 0.1) is 13.7 Å². The van der Waals surface area contributed by atoms with Crippen LogP contribution in [0.25, 0.3) is 0 Å². The predicted molar refractivity (Wildman–Crippen MR) is 130 cm³/mol. The summed E-state index contributed by atoms with van der Waals surface area (Å²) in [5, 5.41) is 0. The number of esters is 3. The van der Waals surface area contributed by atoms with Crippen LogP contribution in [0.4, 0.5) is 5.69 Å². The predicted octanol–water partition coefficient (Wildman–Crippen LogP) is 2.23. The number of para-hydroxylation sites is 1. The van der Waals surface area contributed by atoms with Crippen molar-refractivity contribution in [3.8, 4) is 0 Å². The van der Waals surface area contributed by atoms with E-state index in [1.165, 1.54) is 6.92 Å². The lowest BCUT2D eigenvalue weighted by Crippen LogP contribution is -2.51. The fourth-order valence-electron chi connectivity index (χ4n) is 4.70. The zero-order chi connectivity index (χ0) is 26.7. The molecule has 0 aromatic heterocycles. The minimum absolute atomic E-state index is 0.00961. The van der Waals surface area contributed by atoms with Crippen LogP contribution in [-0.2, 0) is 50.1 Å². The molecule has 0 unspecified atom stereocenters. The molecule has 2 heterocycles. The standard InChI is InChI=1S/C27H26N2O8/c1-4-35-25(32)22-23(28)37-16(2)21(24(31)34-3)27(22)18-12-8-9-13-19(18)29(26(27)33)14-20(30)36-15-17-10-6-5-7-11-17/h5-13H,4,14-15,28H2,1-3H3/t27-/m0/s1. The van der Waals surface area contributed by atoms with Crippen molar-refractivity contribution in [2.75, 3.05) is 25.2 Å². The number of hydrogen-bond acceptors (Lipinski definition) is 9. The van der Waals surface area contributed by atoms with Crippen LogP contribution in [0.5, 0.6) is 0 Å². The first-order chi connectivity index (χ1) is 17.8. The first kappa shape index (κ1) is 25.5. The van der Waals surface area contributed by atoms with Gasteiger partial charge < -0.3 is 24.7 Å². The van der Waals surface area contributed by atoms with Crippen molar-refractivity contribution in [2.24, 2.45) is 5.73 Å². The summed E-state index contributed by atoms with van der Waals surface area (Å²) < 4.78 is 21.1. The van der Waals surface area contributed by atoms with E-state index in [1.54, 1.807) is 43.3 Å². The van der Waals surface area contributed by atoms with E-state index in [4.69, 9.17) is 24.7 Å². The van der Waals surface area contributed by atoms with Crippen LogP contribution >= 0.6 is 0 Å². The van der Waals surface area contributed by atoms with E-state index in [0.717, 1.165) is 17.6 Å². The number of ether oxygens (including phenoxy) is 4. The number of allylic oxidation sites excluding steroid dienone is 1. The summed E-state index contributed by atoms with van der Waals surface area (Å²) in [5.41, 5.74) is 4.83. The minimum Gasteiger partial charge on any atom is -0.466 e. The number of anilines is 1. The van der Waals surface area contributed by atoms with Gasteiger partial charge in [-0.2, -0.15) is 0 Å². The first-order valence-corrected chi connectivity index (χ1v) is 11.5. The maximum atomic E-state index is 14.3. The third-order valence-electron chi connectivity index (χ3n) is 6.18. The summed E-state index contributed by atoms with van der Waals surface area (Å²) in [6, 6.07) is 15.6. The summed E-state index contributed by atoms with van der Waals surface area (Å²) in [4.78, 5) is 54.6. The molecule has 10 nitrogen and oxygen atoms in total. The van der Waals surface area contributed by atoms with Gasteiger partial charge in [0, 0.05) is 11.3 Å². The summed E-state index contributed by atoms with van der Waals surface area (Å²) in [6.07, 6.45) is 0. The van der Waals surface area contributed by atoms with Gasteiger partial charge in [0.2, 0.25) is 11.8 Å². The van der Waals surface area contributed by atoms with Crippen molar-refractivity contribution in [3.63, 3.8) is 0 Å². The Hall–Kier alpha value is -4.60. The van der Waals surface area contributed by atoms with E-state index < -0.39 is 35.8 Å². The van der Waals surface area contributed by atoms with E-state index in [1.807, 2.05) is 18.2 Å². The number of benzene rings is 2. The Morgan fingerprint density at radius 2 is 1.65 bits per heavy atom. The van der Waals surface area contributed by atoms with Crippen LogP contribution in [0.15, 0.2) is 77.4 Å². The molecule has 1 spiro atoms. The quantitative estimate of drug-likeness (QED) is 0.443. The Morgan fingerprint density at radius 1 is 0.973 bits per heavy atom. The third kappa shape index (κ3) is 4.20. The van der Waals surface area contributed by atoms with Gasteiger partial charge in [-0.05, 0) is 25.5 Å². The van der Waals surface area contributed by atoms with Gasteiger partial charge in [0.1, 0.15) is 35.5 Å². The van der Waals surface area contributed by atoms with Crippen molar-refractivity contribution >= 4 is 29.5 Å². The zero-order valence-corrected chi connectivity index (χ0v) is 20.6. The first-order valence-electron chi connectivity index (χ1n) is 11.5. The van der Waals surface area contributed by atoms with Crippen LogP contribution in [0, 0.1) is 0 Å². The number of nitrogens with zero attached hydrogens (tertiary/aromatic N) is 1. The smallest absolute Gasteiger partial charge is 0.341 e. The highest BCUT2D eigenvalue weighted by atomic mass is 16.5. The molecule has 0 fully saturated rings. The van der Waals surface area contributed by atoms with Crippen molar-refractivity contribution in [1.29, 1.82) is 0 Å². The Bertz CT molecular complexity index is 1330. The molecule has 0 bridgehead atoms. The average molecular weight is 507 g/mol. The highest BCUT2D eigenvalue weighted by Crippen LogP contribution is 2.54. The van der Waals surface area contributed by atoms with Crippen LogP contribution < -0.4 is 10.6 Å². The molecule has 0 saturated carbocycles. The number of methoxy groups -OCH3 is 1. The van der Waals surface area contributed by atoms with Crippen LogP contribution in [-0.4, -0.2) is 44.1 Å². The largest absolute Gasteiger partial charge is 0.466 e. The molecule has 0 aliphatic carbocycles. The van der Waals surface area contributed by atoms with Gasteiger partial charge in [-0.25, -0.2) is 9.59 Å². The molecule has 2 aromatic rings. The fraction of sp³-hybridized carbons (Fsp3) is 0.259. The van der Waals surface area contributed by atoms with Crippen molar-refractivity contribution in [3.05, 3.63) is 88.5 Å². The summed E-state index contributed by atoms with van der Waals surface area (Å²) in [5.74, 6) is -3.70. The molecular weight excluding hydrogens is 480 g/mol. The molecule has 1 atom stereocenters. The van der Waals surface area contributed by atoms with Gasteiger partial charge in [-0.3, -0.25) is 14.5 Å². The Balaban J connectivity index is 1.83. The van der Waals surface area contributed by atoms with Crippen molar-refractivity contribution in [1.82, 2.24) is 0 Å². The van der Waals surface area contributed by atoms with E-state index in [-0.39, 0.29) is 41.6 Å². The van der Waals surface area contributed by atoms with Crippen molar-refractivity contribution < 1.29 is 38.1 Å². The molecule has 2 aliphatic heterocycles. The van der Waals surface area contributed by atoms with Crippen molar-refractivity contribution in [2.45, 2.75) is 25.9 Å². The lowest BCUT2D eigenvalue weighted by Gasteiger charge is -2.36. The third-order valence-corrected chi connectivity index (χ3v) is 6.18. The lowest BCUT2D eigenvalue weighted by atomic mass is 9.67. The number of amides is 1. The van der Waals surface area contributed by atoms with Gasteiger partial charge >= 0.3 is 17.9 Å². The van der Waals surface area contributed by atoms with E-state index in [2.05, 4.69) is 0 Å². The van der Waals surface area contributed by atoms with Crippen LogP contribution in [0.3, 0.4) is 0 Å². The molecule has 37 heavy (non-hydrogen) atoms. The fourth-order valence-corrected chi connectivity index (χ4v) is 4.70. The molecule has 192 valence electrons. The molecule has 1 amide bonds. The molecule has 0 saturated heterocycles. The second-order valence-electron chi connectivity index (χ2n) is 8.29. The maximum Gasteiger partial charge on any atom is 0.341 e. The zero-order valence-electron chi connectivity index (χ0n) is 20.6. The maximum absolute atomic E-state index is 14.3. The monoisotopic (exact) mass is 506 g/mol.